The van der Waals surface area contributed by atoms with Crippen molar-refractivity contribution in [1.82, 2.24) is 25.3 Å². The molecule has 5 N–H and O–H groups in total. The molecule has 0 aliphatic heterocycles. The molecule has 0 unspecified atom stereocenters. The number of H-pyrrole nitrogens is 1. The van der Waals surface area contributed by atoms with Gasteiger partial charge in [0.1, 0.15) is 0 Å². The van der Waals surface area contributed by atoms with Crippen molar-refractivity contribution >= 4 is 34.7 Å². The zero-order valence-corrected chi connectivity index (χ0v) is 16.4. The van der Waals surface area contributed by atoms with Crippen LogP contribution in [-0.2, 0) is 11.3 Å². The molecule has 1 atom stereocenters. The van der Waals surface area contributed by atoms with Crippen molar-refractivity contribution < 1.29 is 14.7 Å². The molecule has 11 nitrogen and oxygen atoms in total. The van der Waals surface area contributed by atoms with Crippen molar-refractivity contribution in [3.8, 4) is 0 Å². The fourth-order valence-corrected chi connectivity index (χ4v) is 2.76. The molecule has 0 fully saturated rings. The largest absolute Gasteiger partial charge is 0.550 e. The number of carboxylic acid groups (broad SMARTS) is 1. The van der Waals surface area contributed by atoms with Crippen LogP contribution in [0, 0.1) is 0 Å². The van der Waals surface area contributed by atoms with Crippen molar-refractivity contribution in [1.29, 1.82) is 0 Å². The van der Waals surface area contributed by atoms with Gasteiger partial charge in [-0.25, -0.2) is 9.97 Å². The molecule has 0 saturated heterocycles. The molecule has 11 heteroatoms. The zero-order valence-electron chi connectivity index (χ0n) is 16.4. The number of hydrogen-bond donors (Lipinski definition) is 4. The Morgan fingerprint density at radius 2 is 2.00 bits per heavy atom. The number of nitrogens with zero attached hydrogens (tertiary/aromatic N) is 3. The lowest BCUT2D eigenvalue weighted by atomic mass is 10.1. The highest BCUT2D eigenvalue weighted by atomic mass is 16.4. The highest BCUT2D eigenvalue weighted by Gasteiger charge is 2.11. The van der Waals surface area contributed by atoms with Gasteiger partial charge in [-0.15, -0.1) is 6.58 Å². The number of benzene rings is 1. The van der Waals surface area contributed by atoms with Crippen LogP contribution >= 0.6 is 0 Å². The third-order valence-electron chi connectivity index (χ3n) is 4.37. The van der Waals surface area contributed by atoms with E-state index in [0.717, 1.165) is 5.69 Å². The molecule has 3 aromatic rings. The van der Waals surface area contributed by atoms with E-state index in [1.54, 1.807) is 24.3 Å². The summed E-state index contributed by atoms with van der Waals surface area (Å²) in [7, 11) is 0. The lowest BCUT2D eigenvalue weighted by molar-refractivity contribution is -0.305. The average Bonchev–Trinajstić information content (AvgIpc) is 2.75. The second-order valence-corrected chi connectivity index (χ2v) is 6.64. The third kappa shape index (κ3) is 5.63. The summed E-state index contributed by atoms with van der Waals surface area (Å²) in [5.41, 5.74) is 6.93. The van der Waals surface area contributed by atoms with Crippen LogP contribution < -0.4 is 27.0 Å². The molecule has 1 aromatic carbocycles. The molecule has 0 aliphatic carbocycles. The Kier molecular flexibility index (Phi) is 6.55. The normalized spacial score (nSPS) is 11.6. The van der Waals surface area contributed by atoms with Gasteiger partial charge >= 0.3 is 0 Å². The Hall–Kier alpha value is -4.28. The van der Waals surface area contributed by atoms with Gasteiger partial charge in [0, 0.05) is 23.3 Å². The number of amides is 1. The predicted molar refractivity (Wildman–Crippen MR) is 112 cm³/mol. The quantitative estimate of drug-likeness (QED) is 0.337. The lowest BCUT2D eigenvalue weighted by Crippen LogP contribution is -2.35. The number of aliphatic carboxylic acids is 1. The molecule has 0 spiro atoms. The number of fused-ring (bicyclic) bond motifs is 1. The van der Waals surface area contributed by atoms with E-state index in [4.69, 9.17) is 5.73 Å². The fraction of sp³-hybridized carbons (Fsp3) is 0.200. The zero-order chi connectivity index (χ0) is 22.4. The first kappa shape index (κ1) is 21.4. The molecule has 160 valence electrons. The number of nitrogens with one attached hydrogen (secondary N) is 3. The fourth-order valence-electron chi connectivity index (χ4n) is 2.76. The minimum absolute atomic E-state index is 0.0277. The number of nitrogen functional groups attached to an aromatic ring is 1. The Balaban J connectivity index is 1.61. The first-order chi connectivity index (χ1) is 14.9. The summed E-state index contributed by atoms with van der Waals surface area (Å²) in [6.07, 6.45) is 3.00. The van der Waals surface area contributed by atoms with Crippen LogP contribution in [0.25, 0.3) is 11.2 Å². The molecule has 2 aromatic heterocycles. The van der Waals surface area contributed by atoms with Crippen LogP contribution in [0.5, 0.6) is 0 Å². The number of hydrogen-bond acceptors (Lipinski definition) is 9. The maximum atomic E-state index is 12.3. The first-order valence-electron chi connectivity index (χ1n) is 9.34. The predicted octanol–water partition coefficient (Wildman–Crippen LogP) is -0.278. The molecular formula is C20H20N7O4-. The van der Waals surface area contributed by atoms with Crippen molar-refractivity contribution in [2.75, 3.05) is 11.1 Å². The summed E-state index contributed by atoms with van der Waals surface area (Å²) in [5, 5.41) is 16.4. The van der Waals surface area contributed by atoms with Crippen LogP contribution in [0.1, 0.15) is 28.9 Å². The van der Waals surface area contributed by atoms with Gasteiger partial charge in [0.2, 0.25) is 5.95 Å². The monoisotopic (exact) mass is 422 g/mol. The second kappa shape index (κ2) is 9.48. The number of carboxylic acids is 1. The van der Waals surface area contributed by atoms with E-state index in [1.165, 1.54) is 12.3 Å². The number of carbonyl (C=O) groups is 2. The van der Waals surface area contributed by atoms with Gasteiger partial charge in [-0.1, -0.05) is 6.08 Å². The highest BCUT2D eigenvalue weighted by Crippen LogP contribution is 2.12. The highest BCUT2D eigenvalue weighted by molar-refractivity contribution is 5.94. The minimum Gasteiger partial charge on any atom is -0.550 e. The van der Waals surface area contributed by atoms with Crippen LogP contribution in [0.2, 0.25) is 0 Å². The second-order valence-electron chi connectivity index (χ2n) is 6.64. The molecule has 1 amide bonds. The number of rotatable bonds is 9. The molecule has 0 aliphatic rings. The van der Waals surface area contributed by atoms with E-state index in [0.29, 0.717) is 17.8 Å². The van der Waals surface area contributed by atoms with Crippen molar-refractivity contribution in [2.45, 2.75) is 25.4 Å². The molecule has 3 rings (SSSR count). The summed E-state index contributed by atoms with van der Waals surface area (Å²) < 4.78 is 0. The Labute approximate surface area is 176 Å². The average molecular weight is 422 g/mol. The standard InChI is InChI=1S/C20H21N7O4/c1-2-12(7-8-15(28)29)25-18(30)11-3-5-13(6-4-11)22-9-14-10-23-17-16(24-14)19(31)27-20(21)26-17/h2-6,10,12,22H,1,7-9H2,(H,25,30)(H,28,29)(H3,21,23,26,27,31)/p-1/t12-/m0/s1. The third-order valence-corrected chi connectivity index (χ3v) is 4.37. The van der Waals surface area contributed by atoms with E-state index >= 15 is 0 Å². The van der Waals surface area contributed by atoms with E-state index < -0.39 is 17.6 Å². The maximum Gasteiger partial charge on any atom is 0.280 e. The van der Waals surface area contributed by atoms with Crippen LogP contribution in [0.15, 0.2) is 47.9 Å². The van der Waals surface area contributed by atoms with E-state index in [9.17, 15) is 19.5 Å². The Morgan fingerprint density at radius 3 is 2.68 bits per heavy atom. The van der Waals surface area contributed by atoms with Crippen LogP contribution in [0.4, 0.5) is 11.6 Å². The first-order valence-corrected chi connectivity index (χ1v) is 9.34. The summed E-state index contributed by atoms with van der Waals surface area (Å²) in [6, 6.07) is 6.20. The SMILES string of the molecule is C=C[C@@H](CCC(=O)[O-])NC(=O)c1ccc(NCc2cnc3nc(N)[nH]c(=O)c3n2)cc1. The number of aromatic nitrogens is 4. The smallest absolute Gasteiger partial charge is 0.280 e. The molecule has 0 bridgehead atoms. The van der Waals surface area contributed by atoms with Gasteiger partial charge in [0.25, 0.3) is 11.5 Å². The molecule has 0 radical (unpaired) electrons. The van der Waals surface area contributed by atoms with E-state index in [-0.39, 0.29) is 35.9 Å². The Morgan fingerprint density at radius 1 is 1.26 bits per heavy atom. The van der Waals surface area contributed by atoms with Crippen LogP contribution in [-0.4, -0.2) is 37.9 Å². The number of aromatic amines is 1. The Bertz CT molecular complexity index is 1170. The number of carbonyl (C=O) groups excluding carboxylic acids is 2. The minimum atomic E-state index is -1.18. The number of nitrogens with two attached hydrogens (primary N) is 1. The van der Waals surface area contributed by atoms with Gasteiger partial charge in [0.15, 0.2) is 11.2 Å². The van der Waals surface area contributed by atoms with Gasteiger partial charge in [-0.3, -0.25) is 14.6 Å². The van der Waals surface area contributed by atoms with Crippen molar-refractivity contribution in [3.63, 3.8) is 0 Å². The van der Waals surface area contributed by atoms with Gasteiger partial charge in [0.05, 0.1) is 18.4 Å². The lowest BCUT2D eigenvalue weighted by Gasteiger charge is -2.15. The topological polar surface area (TPSA) is 179 Å². The van der Waals surface area contributed by atoms with Crippen molar-refractivity contribution in [3.05, 3.63) is 64.7 Å². The molecule has 0 saturated carbocycles. The van der Waals surface area contributed by atoms with Crippen LogP contribution in [0.3, 0.4) is 0 Å². The van der Waals surface area contributed by atoms with E-state index in [2.05, 4.69) is 37.1 Å². The molecule has 2 heterocycles. The van der Waals surface area contributed by atoms with Gasteiger partial charge < -0.3 is 26.3 Å². The maximum absolute atomic E-state index is 12.3. The molecular weight excluding hydrogens is 402 g/mol. The van der Waals surface area contributed by atoms with Gasteiger partial charge in [-0.2, -0.15) is 4.98 Å². The summed E-state index contributed by atoms with van der Waals surface area (Å²) >= 11 is 0. The summed E-state index contributed by atoms with van der Waals surface area (Å²) in [6.45, 7) is 3.89. The van der Waals surface area contributed by atoms with Crippen molar-refractivity contribution in [2.24, 2.45) is 0 Å². The molecule has 31 heavy (non-hydrogen) atoms. The summed E-state index contributed by atoms with van der Waals surface area (Å²) in [5.74, 6) is -1.56. The number of anilines is 2. The van der Waals surface area contributed by atoms with E-state index in [1.807, 2.05) is 0 Å². The van der Waals surface area contributed by atoms with Gasteiger partial charge in [-0.05, 0) is 37.1 Å². The summed E-state index contributed by atoms with van der Waals surface area (Å²) in [4.78, 5) is 49.5.